The number of nitrogens with zero attached hydrogens (tertiary/aromatic N) is 1. The smallest absolute Gasteiger partial charge is 0.310 e. The zero-order valence-electron chi connectivity index (χ0n) is 10.8. The number of hydrogen-bond donors (Lipinski definition) is 1. The highest BCUT2D eigenvalue weighted by atomic mass is 16.4. The van der Waals surface area contributed by atoms with E-state index in [1.807, 2.05) is 6.92 Å². The second-order valence-electron chi connectivity index (χ2n) is 5.32. The molecule has 3 nitrogen and oxygen atoms in total. The Balaban J connectivity index is 2.60. The molecule has 0 heterocycles. The van der Waals surface area contributed by atoms with Crippen molar-refractivity contribution in [3.8, 4) is 0 Å². The Hall–Kier alpha value is -0.570. The molecule has 1 aliphatic rings. The molecule has 16 heavy (non-hydrogen) atoms. The summed E-state index contributed by atoms with van der Waals surface area (Å²) in [5, 5.41) is 9.36. The van der Waals surface area contributed by atoms with E-state index in [4.69, 9.17) is 0 Å². The number of rotatable bonds is 8. The lowest BCUT2D eigenvalue weighted by molar-refractivity contribution is -0.149. The van der Waals surface area contributed by atoms with Crippen LogP contribution in [-0.2, 0) is 4.79 Å². The SMILES string of the molecule is CCCN(CC(C)(CCC)C(=O)O)C1CC1. The van der Waals surface area contributed by atoms with Crippen LogP contribution in [0.25, 0.3) is 0 Å². The highest BCUT2D eigenvalue weighted by Gasteiger charge is 2.38. The van der Waals surface area contributed by atoms with Crippen molar-refractivity contribution < 1.29 is 9.90 Å². The van der Waals surface area contributed by atoms with Gasteiger partial charge in [0, 0.05) is 12.6 Å². The summed E-state index contributed by atoms with van der Waals surface area (Å²) in [6.07, 6.45) is 5.32. The number of carboxylic acid groups (broad SMARTS) is 1. The highest BCUT2D eigenvalue weighted by molar-refractivity contribution is 5.74. The largest absolute Gasteiger partial charge is 0.481 e. The zero-order valence-corrected chi connectivity index (χ0v) is 10.8. The monoisotopic (exact) mass is 227 g/mol. The topological polar surface area (TPSA) is 40.5 Å². The fourth-order valence-corrected chi connectivity index (χ4v) is 2.37. The molecule has 1 unspecified atom stereocenters. The minimum atomic E-state index is -0.642. The number of carboxylic acids is 1. The molecular formula is C13H25NO2. The van der Waals surface area contributed by atoms with E-state index in [2.05, 4.69) is 18.7 Å². The third kappa shape index (κ3) is 3.48. The fourth-order valence-electron chi connectivity index (χ4n) is 2.37. The van der Waals surface area contributed by atoms with E-state index < -0.39 is 11.4 Å². The van der Waals surface area contributed by atoms with Gasteiger partial charge in [0.1, 0.15) is 0 Å². The first-order chi connectivity index (χ1) is 7.53. The van der Waals surface area contributed by atoms with E-state index in [0.29, 0.717) is 12.6 Å². The molecule has 1 N–H and O–H groups in total. The molecule has 0 saturated heterocycles. The van der Waals surface area contributed by atoms with Gasteiger partial charge >= 0.3 is 5.97 Å². The summed E-state index contributed by atoms with van der Waals surface area (Å²) in [7, 11) is 0. The molecule has 0 aromatic rings. The summed E-state index contributed by atoms with van der Waals surface area (Å²) < 4.78 is 0. The minimum absolute atomic E-state index is 0.563. The quantitative estimate of drug-likeness (QED) is 0.693. The molecule has 1 saturated carbocycles. The average Bonchev–Trinajstić information content (AvgIpc) is 3.00. The Morgan fingerprint density at radius 1 is 1.38 bits per heavy atom. The molecular weight excluding hydrogens is 202 g/mol. The molecule has 0 amide bonds. The molecule has 1 aliphatic carbocycles. The molecule has 1 fully saturated rings. The molecule has 0 aromatic heterocycles. The maximum Gasteiger partial charge on any atom is 0.310 e. The number of hydrogen-bond acceptors (Lipinski definition) is 2. The first kappa shape index (κ1) is 13.5. The normalized spacial score (nSPS) is 19.8. The third-order valence-electron chi connectivity index (χ3n) is 3.44. The van der Waals surface area contributed by atoms with E-state index in [-0.39, 0.29) is 0 Å². The van der Waals surface area contributed by atoms with Crippen LogP contribution in [0.15, 0.2) is 0 Å². The molecule has 1 rings (SSSR count). The first-order valence-corrected chi connectivity index (χ1v) is 6.51. The molecule has 1 atom stereocenters. The Morgan fingerprint density at radius 3 is 2.38 bits per heavy atom. The summed E-state index contributed by atoms with van der Waals surface area (Å²) in [6.45, 7) is 7.87. The summed E-state index contributed by atoms with van der Waals surface area (Å²) >= 11 is 0. The van der Waals surface area contributed by atoms with E-state index >= 15 is 0 Å². The Labute approximate surface area is 98.8 Å². The van der Waals surface area contributed by atoms with Crippen molar-refractivity contribution in [2.45, 2.75) is 58.9 Å². The zero-order chi connectivity index (χ0) is 12.2. The molecule has 0 bridgehead atoms. The third-order valence-corrected chi connectivity index (χ3v) is 3.44. The molecule has 0 spiro atoms. The van der Waals surface area contributed by atoms with Crippen LogP contribution in [0.5, 0.6) is 0 Å². The van der Waals surface area contributed by atoms with Crippen molar-refractivity contribution in [3.63, 3.8) is 0 Å². The molecule has 3 heteroatoms. The lowest BCUT2D eigenvalue weighted by Crippen LogP contribution is -2.42. The van der Waals surface area contributed by atoms with Crippen molar-refractivity contribution in [2.24, 2.45) is 5.41 Å². The minimum Gasteiger partial charge on any atom is -0.481 e. The number of aliphatic carboxylic acids is 1. The van der Waals surface area contributed by atoms with Crippen LogP contribution in [0, 0.1) is 5.41 Å². The van der Waals surface area contributed by atoms with Gasteiger partial charge < -0.3 is 5.11 Å². The van der Waals surface area contributed by atoms with Crippen molar-refractivity contribution in [3.05, 3.63) is 0 Å². The van der Waals surface area contributed by atoms with Gasteiger partial charge in [0.15, 0.2) is 0 Å². The lowest BCUT2D eigenvalue weighted by Gasteiger charge is -2.32. The second-order valence-corrected chi connectivity index (χ2v) is 5.32. The first-order valence-electron chi connectivity index (χ1n) is 6.51. The Kier molecular flexibility index (Phi) is 4.78. The summed E-state index contributed by atoms with van der Waals surface area (Å²) in [5.41, 5.74) is -0.563. The van der Waals surface area contributed by atoms with Crippen molar-refractivity contribution >= 4 is 5.97 Å². The predicted molar refractivity (Wildman–Crippen MR) is 65.5 cm³/mol. The van der Waals surface area contributed by atoms with E-state index in [9.17, 15) is 9.90 Å². The van der Waals surface area contributed by atoms with Crippen LogP contribution in [0.4, 0.5) is 0 Å². The molecule has 0 radical (unpaired) electrons. The van der Waals surface area contributed by atoms with Gasteiger partial charge in [0.25, 0.3) is 0 Å². The van der Waals surface area contributed by atoms with Crippen molar-refractivity contribution in [1.82, 2.24) is 4.90 Å². The van der Waals surface area contributed by atoms with Crippen LogP contribution in [0.3, 0.4) is 0 Å². The summed E-state index contributed by atoms with van der Waals surface area (Å²) in [4.78, 5) is 13.7. The van der Waals surface area contributed by atoms with Gasteiger partial charge in [-0.3, -0.25) is 9.69 Å². The Bertz CT molecular complexity index is 238. The predicted octanol–water partition coefficient (Wildman–Crippen LogP) is 2.75. The maximum absolute atomic E-state index is 11.4. The van der Waals surface area contributed by atoms with Crippen LogP contribution < -0.4 is 0 Å². The van der Waals surface area contributed by atoms with Crippen LogP contribution >= 0.6 is 0 Å². The van der Waals surface area contributed by atoms with Crippen LogP contribution in [0.1, 0.15) is 52.9 Å². The van der Waals surface area contributed by atoms with Gasteiger partial charge in [-0.15, -0.1) is 0 Å². The maximum atomic E-state index is 11.4. The molecule has 0 aromatic carbocycles. The van der Waals surface area contributed by atoms with E-state index in [1.54, 1.807) is 0 Å². The van der Waals surface area contributed by atoms with E-state index in [1.165, 1.54) is 12.8 Å². The van der Waals surface area contributed by atoms with Gasteiger partial charge in [-0.1, -0.05) is 20.3 Å². The van der Waals surface area contributed by atoms with Gasteiger partial charge in [0.2, 0.25) is 0 Å². The molecule has 0 aliphatic heterocycles. The average molecular weight is 227 g/mol. The second kappa shape index (κ2) is 5.67. The number of carbonyl (C=O) groups is 1. The van der Waals surface area contributed by atoms with Crippen molar-refractivity contribution in [1.29, 1.82) is 0 Å². The molecule has 94 valence electrons. The van der Waals surface area contributed by atoms with Gasteiger partial charge in [-0.25, -0.2) is 0 Å². The summed E-state index contributed by atoms with van der Waals surface area (Å²) in [6, 6.07) is 0.662. The van der Waals surface area contributed by atoms with Crippen LogP contribution in [-0.4, -0.2) is 35.1 Å². The van der Waals surface area contributed by atoms with Gasteiger partial charge in [0.05, 0.1) is 5.41 Å². The lowest BCUT2D eigenvalue weighted by atomic mass is 9.85. The Morgan fingerprint density at radius 2 is 2.00 bits per heavy atom. The standard InChI is InChI=1S/C13H25NO2/c1-4-8-13(3,12(15)16)10-14(9-5-2)11-6-7-11/h11H,4-10H2,1-3H3,(H,15,16). The van der Waals surface area contributed by atoms with Gasteiger partial charge in [-0.05, 0) is 39.2 Å². The fraction of sp³-hybridized carbons (Fsp3) is 0.923. The highest BCUT2D eigenvalue weighted by Crippen LogP contribution is 2.32. The van der Waals surface area contributed by atoms with Crippen LogP contribution in [0.2, 0.25) is 0 Å². The van der Waals surface area contributed by atoms with Gasteiger partial charge in [-0.2, -0.15) is 0 Å². The van der Waals surface area contributed by atoms with E-state index in [0.717, 1.165) is 25.8 Å². The van der Waals surface area contributed by atoms with Crippen molar-refractivity contribution in [2.75, 3.05) is 13.1 Å². The summed E-state index contributed by atoms with van der Waals surface area (Å²) in [5.74, 6) is -0.642.